The zero-order chi connectivity index (χ0) is 18.5. The maximum absolute atomic E-state index is 12.8. The Morgan fingerprint density at radius 3 is 2.69 bits per heavy atom. The van der Waals surface area contributed by atoms with Gasteiger partial charge in [0, 0.05) is 22.8 Å². The lowest BCUT2D eigenvalue weighted by Gasteiger charge is -2.26. The summed E-state index contributed by atoms with van der Waals surface area (Å²) in [5, 5.41) is 1.95. The quantitative estimate of drug-likeness (QED) is 0.434. The van der Waals surface area contributed by atoms with Crippen LogP contribution in [0, 0.1) is 0 Å². The summed E-state index contributed by atoms with van der Waals surface area (Å²) in [4.78, 5) is 25.8. The lowest BCUT2D eigenvalue weighted by atomic mass is 10.2. The number of fused-ring (bicyclic) bond motifs is 1. The highest BCUT2D eigenvalue weighted by Gasteiger charge is 2.18. The molecule has 0 aliphatic rings. The summed E-state index contributed by atoms with van der Waals surface area (Å²) in [6.45, 7) is 6.88. The molecular weight excluding hydrogens is 362 g/mol. The molecule has 6 heteroatoms. The molecule has 1 amide bonds. The number of thiophene rings is 1. The first-order valence-corrected chi connectivity index (χ1v) is 10.6. The fourth-order valence-electron chi connectivity index (χ4n) is 2.72. The number of rotatable bonds is 7. The van der Waals surface area contributed by atoms with E-state index in [-0.39, 0.29) is 11.9 Å². The topological polar surface area (TPSA) is 46.1 Å². The van der Waals surface area contributed by atoms with E-state index in [4.69, 9.17) is 0 Å². The van der Waals surface area contributed by atoms with Crippen molar-refractivity contribution >= 4 is 39.2 Å². The van der Waals surface area contributed by atoms with Gasteiger partial charge in [0.15, 0.2) is 0 Å². The average molecular weight is 386 g/mol. The number of thioether (sulfide) groups is 1. The minimum absolute atomic E-state index is 0.131. The van der Waals surface area contributed by atoms with E-state index in [9.17, 15) is 4.79 Å². The number of hydrogen-bond acceptors (Lipinski definition) is 5. The molecule has 136 valence electrons. The largest absolute Gasteiger partial charge is 0.335 e. The second kappa shape index (κ2) is 8.64. The number of aryl methyl sites for hydroxylation is 1. The number of carbonyl (C=O) groups excluding carboxylic acids is 1. The van der Waals surface area contributed by atoms with E-state index >= 15 is 0 Å². The number of aromatic nitrogens is 2. The smallest absolute Gasteiger partial charge is 0.233 e. The van der Waals surface area contributed by atoms with Crippen LogP contribution in [-0.2, 0) is 17.8 Å². The van der Waals surface area contributed by atoms with Crippen LogP contribution in [0.5, 0.6) is 0 Å². The first-order chi connectivity index (χ1) is 12.6. The average Bonchev–Trinajstić information content (AvgIpc) is 3.08. The number of amides is 1. The normalized spacial score (nSPS) is 11.2. The molecule has 0 aliphatic carbocycles. The van der Waals surface area contributed by atoms with Crippen molar-refractivity contribution in [3.05, 3.63) is 53.2 Å². The van der Waals surface area contributed by atoms with Gasteiger partial charge in [0.1, 0.15) is 16.2 Å². The Bertz CT molecular complexity index is 877. The molecule has 0 unspecified atom stereocenters. The minimum atomic E-state index is 0.131. The van der Waals surface area contributed by atoms with Gasteiger partial charge in [-0.2, -0.15) is 0 Å². The molecule has 0 atom stereocenters. The zero-order valence-electron chi connectivity index (χ0n) is 15.3. The van der Waals surface area contributed by atoms with Gasteiger partial charge >= 0.3 is 0 Å². The summed E-state index contributed by atoms with van der Waals surface area (Å²) in [7, 11) is 0. The van der Waals surface area contributed by atoms with Crippen molar-refractivity contribution in [1.29, 1.82) is 0 Å². The maximum atomic E-state index is 12.8. The molecule has 0 fully saturated rings. The van der Waals surface area contributed by atoms with E-state index in [0.29, 0.717) is 12.3 Å². The Balaban J connectivity index is 1.71. The number of benzene rings is 1. The third-order valence-corrected chi connectivity index (χ3v) is 6.34. The Hall–Kier alpha value is -1.92. The molecule has 0 N–H and O–H groups in total. The monoisotopic (exact) mass is 385 g/mol. The van der Waals surface area contributed by atoms with Gasteiger partial charge in [-0.1, -0.05) is 49.0 Å². The van der Waals surface area contributed by atoms with E-state index < -0.39 is 0 Å². The molecular formula is C20H23N3OS2. The maximum Gasteiger partial charge on any atom is 0.233 e. The standard InChI is InChI=1S/C20H23N3OS2/c1-4-16-10-17-19(21-13-22-20(17)26-16)25-12-18(24)23(14(2)3)11-15-8-6-5-7-9-15/h5-10,13-14H,4,11-12H2,1-3H3. The number of hydrogen-bond donors (Lipinski definition) is 0. The van der Waals surface area contributed by atoms with Gasteiger partial charge in [-0.25, -0.2) is 9.97 Å². The van der Waals surface area contributed by atoms with Gasteiger partial charge in [0.05, 0.1) is 5.75 Å². The first-order valence-electron chi connectivity index (χ1n) is 8.78. The van der Waals surface area contributed by atoms with Crippen molar-refractivity contribution in [2.45, 2.75) is 44.8 Å². The van der Waals surface area contributed by atoms with Gasteiger partial charge < -0.3 is 4.90 Å². The summed E-state index contributed by atoms with van der Waals surface area (Å²) in [5.74, 6) is 0.514. The van der Waals surface area contributed by atoms with Crippen LogP contribution in [0.3, 0.4) is 0 Å². The van der Waals surface area contributed by atoms with E-state index in [1.165, 1.54) is 16.6 Å². The predicted molar refractivity (Wildman–Crippen MR) is 110 cm³/mol. The number of carbonyl (C=O) groups is 1. The van der Waals surface area contributed by atoms with Gasteiger partial charge in [0.25, 0.3) is 0 Å². The van der Waals surface area contributed by atoms with E-state index in [1.54, 1.807) is 17.7 Å². The summed E-state index contributed by atoms with van der Waals surface area (Å²) in [6.07, 6.45) is 2.58. The van der Waals surface area contributed by atoms with Crippen molar-refractivity contribution < 1.29 is 4.79 Å². The Kier molecular flexibility index (Phi) is 6.27. The highest BCUT2D eigenvalue weighted by atomic mass is 32.2. The van der Waals surface area contributed by atoms with Gasteiger partial charge in [-0.05, 0) is 31.9 Å². The fourth-order valence-corrected chi connectivity index (χ4v) is 4.58. The third-order valence-electron chi connectivity index (χ3n) is 4.16. The van der Waals surface area contributed by atoms with Crippen molar-refractivity contribution in [2.75, 3.05) is 5.75 Å². The van der Waals surface area contributed by atoms with Crippen LogP contribution in [0.25, 0.3) is 10.2 Å². The van der Waals surface area contributed by atoms with Crippen LogP contribution in [-0.4, -0.2) is 32.6 Å². The van der Waals surface area contributed by atoms with Crippen LogP contribution < -0.4 is 0 Å². The molecule has 0 radical (unpaired) electrons. The van der Waals surface area contributed by atoms with Gasteiger partial charge in [-0.15, -0.1) is 11.3 Å². The molecule has 4 nitrogen and oxygen atoms in total. The molecule has 0 spiro atoms. The van der Waals surface area contributed by atoms with Crippen LogP contribution in [0.4, 0.5) is 0 Å². The molecule has 0 saturated carbocycles. The van der Waals surface area contributed by atoms with Crippen LogP contribution >= 0.6 is 23.1 Å². The van der Waals surface area contributed by atoms with Crippen molar-refractivity contribution in [3.63, 3.8) is 0 Å². The highest BCUT2D eigenvalue weighted by Crippen LogP contribution is 2.31. The molecule has 0 aliphatic heterocycles. The lowest BCUT2D eigenvalue weighted by molar-refractivity contribution is -0.130. The highest BCUT2D eigenvalue weighted by molar-refractivity contribution is 8.00. The summed E-state index contributed by atoms with van der Waals surface area (Å²) in [6, 6.07) is 12.4. The first kappa shape index (κ1) is 18.9. The van der Waals surface area contributed by atoms with E-state index in [0.717, 1.165) is 27.2 Å². The summed E-state index contributed by atoms with van der Waals surface area (Å²) < 4.78 is 0. The molecule has 2 aromatic heterocycles. The zero-order valence-corrected chi connectivity index (χ0v) is 16.9. The van der Waals surface area contributed by atoms with Crippen molar-refractivity contribution in [1.82, 2.24) is 14.9 Å². The number of nitrogens with zero attached hydrogens (tertiary/aromatic N) is 3. The van der Waals surface area contributed by atoms with Gasteiger partial charge in [-0.3, -0.25) is 4.79 Å². The SMILES string of the molecule is CCc1cc2c(SCC(=O)N(Cc3ccccc3)C(C)C)ncnc2s1. The van der Waals surface area contributed by atoms with Crippen LogP contribution in [0.1, 0.15) is 31.2 Å². The Morgan fingerprint density at radius 1 is 1.23 bits per heavy atom. The molecule has 1 aromatic carbocycles. The van der Waals surface area contributed by atoms with Crippen LogP contribution in [0.2, 0.25) is 0 Å². The van der Waals surface area contributed by atoms with E-state index in [1.807, 2.05) is 23.1 Å². The van der Waals surface area contributed by atoms with E-state index in [2.05, 4.69) is 48.9 Å². The molecule has 0 saturated heterocycles. The second-order valence-electron chi connectivity index (χ2n) is 6.35. The van der Waals surface area contributed by atoms with Gasteiger partial charge in [0.2, 0.25) is 5.91 Å². The third kappa shape index (κ3) is 4.43. The molecule has 0 bridgehead atoms. The Labute approximate surface area is 162 Å². The summed E-state index contributed by atoms with van der Waals surface area (Å²) >= 11 is 3.20. The summed E-state index contributed by atoms with van der Waals surface area (Å²) in [5.41, 5.74) is 1.15. The van der Waals surface area contributed by atoms with Crippen LogP contribution in [0.15, 0.2) is 47.8 Å². The minimum Gasteiger partial charge on any atom is -0.335 e. The van der Waals surface area contributed by atoms with Crippen molar-refractivity contribution in [3.8, 4) is 0 Å². The molecule has 3 rings (SSSR count). The van der Waals surface area contributed by atoms with Crippen molar-refractivity contribution in [2.24, 2.45) is 0 Å². The predicted octanol–water partition coefficient (Wildman–Crippen LogP) is 4.78. The second-order valence-corrected chi connectivity index (χ2v) is 8.43. The molecule has 3 aromatic rings. The fraction of sp³-hybridized carbons (Fsp3) is 0.350. The Morgan fingerprint density at radius 2 is 2.00 bits per heavy atom. The molecule has 2 heterocycles. The molecule has 26 heavy (non-hydrogen) atoms. The lowest BCUT2D eigenvalue weighted by Crippen LogP contribution is -2.37.